The molecule has 0 aliphatic heterocycles. The number of nitrogens with zero attached hydrogens (tertiary/aromatic N) is 2. The number of carbonyl (C=O) groups excluding carboxylic acids is 1. The van der Waals surface area contributed by atoms with E-state index in [1.54, 1.807) is 18.0 Å². The van der Waals surface area contributed by atoms with Crippen LogP contribution in [0, 0.1) is 0 Å². The molecule has 24 heavy (non-hydrogen) atoms. The number of hydrogen-bond donors (Lipinski definition) is 1. The highest BCUT2D eigenvalue weighted by molar-refractivity contribution is 9.10. The van der Waals surface area contributed by atoms with E-state index in [1.165, 1.54) is 17.8 Å². The quantitative estimate of drug-likeness (QED) is 0.852. The van der Waals surface area contributed by atoms with Crippen molar-refractivity contribution < 1.29 is 14.7 Å². The van der Waals surface area contributed by atoms with Crippen molar-refractivity contribution in [3.63, 3.8) is 0 Å². The average Bonchev–Trinajstić information content (AvgIpc) is 3.35. The van der Waals surface area contributed by atoms with Crippen molar-refractivity contribution in [3.8, 4) is 0 Å². The second kappa shape index (κ2) is 6.36. The summed E-state index contributed by atoms with van der Waals surface area (Å²) in [5.41, 5.74) is 1.46. The minimum Gasteiger partial charge on any atom is -0.477 e. The third kappa shape index (κ3) is 3.33. The fraction of sp³-hybridized carbons (Fsp3) is 0.278. The van der Waals surface area contributed by atoms with Gasteiger partial charge >= 0.3 is 5.97 Å². The van der Waals surface area contributed by atoms with Gasteiger partial charge in [0.2, 0.25) is 0 Å². The van der Waals surface area contributed by atoms with E-state index in [-0.39, 0.29) is 17.0 Å². The average molecular weight is 389 g/mol. The molecule has 1 aromatic carbocycles. The summed E-state index contributed by atoms with van der Waals surface area (Å²) in [7, 11) is 1.75. The van der Waals surface area contributed by atoms with E-state index >= 15 is 0 Å². The number of likely N-dealkylation sites (N-methyl/N-ethyl adjacent to an activating group) is 1. The molecule has 1 fully saturated rings. The molecular formula is C18H17BrN2O3. The molecule has 1 amide bonds. The van der Waals surface area contributed by atoms with Crippen molar-refractivity contribution in [1.29, 1.82) is 0 Å². The van der Waals surface area contributed by atoms with Gasteiger partial charge in [0.05, 0.1) is 0 Å². The third-order valence-corrected chi connectivity index (χ3v) is 4.95. The van der Waals surface area contributed by atoms with Crippen LogP contribution in [0.25, 0.3) is 0 Å². The van der Waals surface area contributed by atoms with E-state index < -0.39 is 5.97 Å². The molecule has 5 nitrogen and oxygen atoms in total. The van der Waals surface area contributed by atoms with Gasteiger partial charge < -0.3 is 10.0 Å². The fourth-order valence-electron chi connectivity index (χ4n) is 2.92. The van der Waals surface area contributed by atoms with Crippen LogP contribution in [0.1, 0.15) is 39.3 Å². The van der Waals surface area contributed by atoms with Gasteiger partial charge in [-0.1, -0.05) is 28.1 Å². The summed E-state index contributed by atoms with van der Waals surface area (Å²) >= 11 is 3.44. The van der Waals surface area contributed by atoms with Gasteiger partial charge in [0, 0.05) is 35.2 Å². The molecule has 1 aromatic heterocycles. The number of rotatable bonds is 5. The number of carbonyl (C=O) groups is 2. The van der Waals surface area contributed by atoms with E-state index in [2.05, 4.69) is 33.0 Å². The second-order valence-electron chi connectivity index (χ2n) is 6.18. The number of benzene rings is 1. The van der Waals surface area contributed by atoms with E-state index in [4.69, 9.17) is 5.11 Å². The normalized spacial score (nSPS) is 14.9. The van der Waals surface area contributed by atoms with Crippen LogP contribution in [0.4, 0.5) is 0 Å². The standard InChI is InChI=1S/C18H17BrN2O3/c1-21(16(22)12-6-9-20-15(10-12)17(23)24)11-18(7-8-18)13-2-4-14(19)5-3-13/h2-6,9-10H,7-8,11H2,1H3,(H,23,24). The van der Waals surface area contributed by atoms with Gasteiger partial charge in [-0.3, -0.25) is 4.79 Å². The Bertz CT molecular complexity index is 785. The summed E-state index contributed by atoms with van der Waals surface area (Å²) in [4.78, 5) is 29.0. The fourth-order valence-corrected chi connectivity index (χ4v) is 3.18. The highest BCUT2D eigenvalue weighted by Gasteiger charge is 2.45. The van der Waals surface area contributed by atoms with Gasteiger partial charge in [-0.25, -0.2) is 9.78 Å². The molecule has 0 unspecified atom stereocenters. The zero-order valence-corrected chi connectivity index (χ0v) is 14.8. The Balaban J connectivity index is 1.76. The zero-order valence-electron chi connectivity index (χ0n) is 13.2. The molecule has 1 heterocycles. The van der Waals surface area contributed by atoms with Crippen LogP contribution in [-0.2, 0) is 5.41 Å². The Morgan fingerprint density at radius 3 is 2.50 bits per heavy atom. The predicted octanol–water partition coefficient (Wildman–Crippen LogP) is 3.35. The lowest BCUT2D eigenvalue weighted by Gasteiger charge is -2.24. The molecular weight excluding hydrogens is 372 g/mol. The van der Waals surface area contributed by atoms with Gasteiger partial charge in [-0.15, -0.1) is 0 Å². The summed E-state index contributed by atoms with van der Waals surface area (Å²) in [6.07, 6.45) is 3.44. The highest BCUT2D eigenvalue weighted by Crippen LogP contribution is 2.48. The minimum atomic E-state index is -1.14. The van der Waals surface area contributed by atoms with Crippen molar-refractivity contribution in [3.05, 3.63) is 63.9 Å². The summed E-state index contributed by atoms with van der Waals surface area (Å²) in [5.74, 6) is -1.33. The molecule has 0 atom stereocenters. The van der Waals surface area contributed by atoms with E-state index in [0.29, 0.717) is 12.1 Å². The van der Waals surface area contributed by atoms with Crippen LogP contribution in [0.2, 0.25) is 0 Å². The lowest BCUT2D eigenvalue weighted by Crippen LogP contribution is -2.34. The zero-order chi connectivity index (χ0) is 17.3. The molecule has 1 aliphatic carbocycles. The third-order valence-electron chi connectivity index (χ3n) is 4.42. The van der Waals surface area contributed by atoms with Crippen molar-refractivity contribution in [1.82, 2.24) is 9.88 Å². The number of pyridine rings is 1. The Labute approximate surface area is 148 Å². The number of halogens is 1. The molecule has 2 aromatic rings. The van der Waals surface area contributed by atoms with Crippen LogP contribution in [0.3, 0.4) is 0 Å². The van der Waals surface area contributed by atoms with Crippen molar-refractivity contribution in [2.45, 2.75) is 18.3 Å². The Morgan fingerprint density at radius 2 is 1.92 bits per heavy atom. The largest absolute Gasteiger partial charge is 0.477 e. The van der Waals surface area contributed by atoms with Gasteiger partial charge in [-0.2, -0.15) is 0 Å². The molecule has 3 rings (SSSR count). The molecule has 0 radical (unpaired) electrons. The minimum absolute atomic E-state index is 0.00771. The smallest absolute Gasteiger partial charge is 0.354 e. The van der Waals surface area contributed by atoms with E-state index in [1.807, 2.05) is 12.1 Å². The summed E-state index contributed by atoms with van der Waals surface area (Å²) < 4.78 is 1.03. The number of carboxylic acid groups (broad SMARTS) is 1. The Hall–Kier alpha value is -2.21. The molecule has 1 aliphatic rings. The van der Waals surface area contributed by atoms with Crippen LogP contribution in [0.5, 0.6) is 0 Å². The maximum Gasteiger partial charge on any atom is 0.354 e. The molecule has 0 bridgehead atoms. The van der Waals surface area contributed by atoms with Crippen LogP contribution in [0.15, 0.2) is 47.1 Å². The summed E-state index contributed by atoms with van der Waals surface area (Å²) in [6.45, 7) is 0.609. The van der Waals surface area contributed by atoms with Crippen molar-refractivity contribution in [2.24, 2.45) is 0 Å². The summed E-state index contributed by atoms with van der Waals surface area (Å²) in [5, 5.41) is 9.01. The molecule has 1 saturated carbocycles. The molecule has 1 N–H and O–H groups in total. The first kappa shape index (κ1) is 16.6. The monoisotopic (exact) mass is 388 g/mol. The molecule has 124 valence electrons. The van der Waals surface area contributed by atoms with Crippen LogP contribution >= 0.6 is 15.9 Å². The van der Waals surface area contributed by atoms with E-state index in [9.17, 15) is 9.59 Å². The van der Waals surface area contributed by atoms with Crippen molar-refractivity contribution in [2.75, 3.05) is 13.6 Å². The van der Waals surface area contributed by atoms with Gasteiger partial charge in [0.15, 0.2) is 0 Å². The second-order valence-corrected chi connectivity index (χ2v) is 7.10. The van der Waals surface area contributed by atoms with Crippen molar-refractivity contribution >= 4 is 27.8 Å². The lowest BCUT2D eigenvalue weighted by atomic mass is 9.95. The van der Waals surface area contributed by atoms with Gasteiger partial charge in [0.1, 0.15) is 5.69 Å². The first-order chi connectivity index (χ1) is 11.4. The highest BCUT2D eigenvalue weighted by atomic mass is 79.9. The summed E-state index contributed by atoms with van der Waals surface area (Å²) in [6, 6.07) is 11.1. The predicted molar refractivity (Wildman–Crippen MR) is 93.2 cm³/mol. The number of aromatic nitrogens is 1. The van der Waals surface area contributed by atoms with E-state index in [0.717, 1.165) is 17.3 Å². The van der Waals surface area contributed by atoms with Gasteiger partial charge in [0.25, 0.3) is 5.91 Å². The Kier molecular flexibility index (Phi) is 4.41. The van der Waals surface area contributed by atoms with Crippen LogP contribution < -0.4 is 0 Å². The molecule has 6 heteroatoms. The number of carboxylic acids is 1. The molecule has 0 saturated heterocycles. The lowest BCUT2D eigenvalue weighted by molar-refractivity contribution is 0.0690. The van der Waals surface area contributed by atoms with Gasteiger partial charge in [-0.05, 0) is 42.7 Å². The SMILES string of the molecule is CN(CC1(c2ccc(Br)cc2)CC1)C(=O)c1ccnc(C(=O)O)c1. The first-order valence-corrected chi connectivity index (χ1v) is 8.41. The number of aromatic carboxylic acids is 1. The maximum atomic E-state index is 12.6. The topological polar surface area (TPSA) is 70.5 Å². The molecule has 0 spiro atoms. The first-order valence-electron chi connectivity index (χ1n) is 7.62. The number of amides is 1. The van der Waals surface area contributed by atoms with Crippen LogP contribution in [-0.4, -0.2) is 40.5 Å². The number of hydrogen-bond acceptors (Lipinski definition) is 3. The Morgan fingerprint density at radius 1 is 1.25 bits per heavy atom. The maximum absolute atomic E-state index is 12.6.